The van der Waals surface area contributed by atoms with E-state index in [4.69, 9.17) is 4.98 Å². The van der Waals surface area contributed by atoms with E-state index in [2.05, 4.69) is 39.1 Å². The highest BCUT2D eigenvalue weighted by Gasteiger charge is 2.34. The second kappa shape index (κ2) is 6.83. The first-order valence-corrected chi connectivity index (χ1v) is 8.85. The summed E-state index contributed by atoms with van der Waals surface area (Å²) in [5.41, 5.74) is 3.15. The molecule has 3 heterocycles. The molecule has 0 aromatic carbocycles. The van der Waals surface area contributed by atoms with E-state index >= 15 is 0 Å². The molecule has 3 aromatic rings. The van der Waals surface area contributed by atoms with Crippen LogP contribution in [-0.2, 0) is 6.42 Å². The molecule has 1 atom stereocenters. The van der Waals surface area contributed by atoms with Crippen molar-refractivity contribution in [3.8, 4) is 11.5 Å². The topological polar surface area (TPSA) is 93.5 Å². The Labute approximate surface area is 157 Å². The van der Waals surface area contributed by atoms with Crippen LogP contribution in [0, 0.1) is 5.41 Å². The zero-order valence-corrected chi connectivity index (χ0v) is 15.3. The van der Waals surface area contributed by atoms with E-state index in [1.165, 1.54) is 0 Å². The van der Waals surface area contributed by atoms with Crippen LogP contribution in [0.25, 0.3) is 11.5 Å². The molecule has 0 unspecified atom stereocenters. The normalized spacial score (nSPS) is 17.8. The number of carbonyl (C=O) groups excluding carboxylic acids is 1. The average Bonchev–Trinajstić information content (AvgIpc) is 2.68. The Morgan fingerprint density at radius 1 is 1.07 bits per heavy atom. The summed E-state index contributed by atoms with van der Waals surface area (Å²) in [7, 11) is 0. The van der Waals surface area contributed by atoms with Crippen LogP contribution < -0.4 is 5.32 Å². The number of pyridine rings is 1. The third kappa shape index (κ3) is 3.67. The molecule has 1 N–H and O–H groups in total. The lowest BCUT2D eigenvalue weighted by atomic mass is 9.74. The van der Waals surface area contributed by atoms with Gasteiger partial charge in [-0.15, -0.1) is 0 Å². The van der Waals surface area contributed by atoms with Gasteiger partial charge in [-0.25, -0.2) is 15.0 Å². The summed E-state index contributed by atoms with van der Waals surface area (Å²) in [6.07, 6.45) is 11.6. The van der Waals surface area contributed by atoms with Gasteiger partial charge in [0.15, 0.2) is 5.82 Å². The first kappa shape index (κ1) is 17.2. The molecule has 0 saturated carbocycles. The van der Waals surface area contributed by atoms with E-state index in [-0.39, 0.29) is 17.4 Å². The van der Waals surface area contributed by atoms with Crippen molar-refractivity contribution in [1.82, 2.24) is 30.2 Å². The minimum atomic E-state index is -0.139. The van der Waals surface area contributed by atoms with Gasteiger partial charge >= 0.3 is 0 Å². The summed E-state index contributed by atoms with van der Waals surface area (Å²) in [5, 5.41) is 3.13. The molecular formula is C20H20N6O. The molecule has 1 aliphatic carbocycles. The molecule has 136 valence electrons. The molecule has 1 aliphatic rings. The number of nitrogens with zero attached hydrogens (tertiary/aromatic N) is 5. The Hall–Kier alpha value is -3.22. The molecular weight excluding hydrogens is 340 g/mol. The Bertz CT molecular complexity index is 959. The van der Waals surface area contributed by atoms with E-state index in [9.17, 15) is 4.79 Å². The average molecular weight is 360 g/mol. The quantitative estimate of drug-likeness (QED) is 0.772. The van der Waals surface area contributed by atoms with E-state index in [0.29, 0.717) is 17.1 Å². The lowest BCUT2D eigenvalue weighted by Gasteiger charge is -2.36. The van der Waals surface area contributed by atoms with Crippen LogP contribution in [0.2, 0.25) is 0 Å². The third-order valence-corrected chi connectivity index (χ3v) is 4.72. The first-order chi connectivity index (χ1) is 13.0. The molecule has 3 aromatic heterocycles. The SMILES string of the molecule is CC1(C)Cc2nc(-c3cnccn3)ncc2[C@H](NC(=O)c2ccncc2)C1. The molecule has 7 nitrogen and oxygen atoms in total. The van der Waals surface area contributed by atoms with E-state index in [1.807, 2.05) is 0 Å². The maximum atomic E-state index is 12.6. The Morgan fingerprint density at radius 2 is 1.89 bits per heavy atom. The number of amides is 1. The number of hydrogen-bond acceptors (Lipinski definition) is 6. The first-order valence-electron chi connectivity index (χ1n) is 8.85. The van der Waals surface area contributed by atoms with Crippen LogP contribution in [-0.4, -0.2) is 30.8 Å². The van der Waals surface area contributed by atoms with E-state index in [0.717, 1.165) is 24.1 Å². The van der Waals surface area contributed by atoms with E-state index in [1.54, 1.807) is 49.3 Å². The maximum Gasteiger partial charge on any atom is 0.251 e. The number of fused-ring (bicyclic) bond motifs is 1. The molecule has 0 spiro atoms. The van der Waals surface area contributed by atoms with Crippen LogP contribution in [0.15, 0.2) is 49.3 Å². The largest absolute Gasteiger partial charge is 0.345 e. The lowest BCUT2D eigenvalue weighted by Crippen LogP contribution is -2.37. The predicted molar refractivity (Wildman–Crippen MR) is 99.6 cm³/mol. The Kier molecular flexibility index (Phi) is 4.35. The number of hydrogen-bond donors (Lipinski definition) is 1. The fourth-order valence-electron chi connectivity index (χ4n) is 3.46. The molecule has 1 amide bonds. The van der Waals surface area contributed by atoms with E-state index < -0.39 is 0 Å². The molecule has 4 rings (SSSR count). The van der Waals surface area contributed by atoms with Crippen molar-refractivity contribution in [3.63, 3.8) is 0 Å². The van der Waals surface area contributed by atoms with Gasteiger partial charge in [0.05, 0.1) is 17.9 Å². The number of nitrogens with one attached hydrogen (secondary N) is 1. The number of aromatic nitrogens is 5. The zero-order chi connectivity index (χ0) is 18.9. The summed E-state index contributed by atoms with van der Waals surface area (Å²) >= 11 is 0. The minimum Gasteiger partial charge on any atom is -0.345 e. The smallest absolute Gasteiger partial charge is 0.251 e. The van der Waals surface area contributed by atoms with Crippen molar-refractivity contribution in [3.05, 3.63) is 66.1 Å². The minimum absolute atomic E-state index is 0.0111. The van der Waals surface area contributed by atoms with Gasteiger partial charge in [0.2, 0.25) is 0 Å². The molecule has 0 saturated heterocycles. The molecule has 0 aliphatic heterocycles. The zero-order valence-electron chi connectivity index (χ0n) is 15.3. The Morgan fingerprint density at radius 3 is 2.63 bits per heavy atom. The molecule has 7 heteroatoms. The number of carbonyl (C=O) groups is 1. The van der Waals surface area contributed by atoms with Gasteiger partial charge in [-0.05, 0) is 30.4 Å². The van der Waals surface area contributed by atoms with Crippen molar-refractivity contribution < 1.29 is 4.79 Å². The van der Waals surface area contributed by atoms with Gasteiger partial charge in [-0.2, -0.15) is 0 Å². The second-order valence-electron chi connectivity index (χ2n) is 7.49. The van der Waals surface area contributed by atoms with Crippen LogP contribution in [0.5, 0.6) is 0 Å². The molecule has 0 fully saturated rings. The predicted octanol–water partition coefficient (Wildman–Crippen LogP) is 2.77. The highest BCUT2D eigenvalue weighted by Crippen LogP contribution is 2.40. The summed E-state index contributed by atoms with van der Waals surface area (Å²) in [5.74, 6) is 0.433. The van der Waals surface area contributed by atoms with Gasteiger partial charge in [0.1, 0.15) is 5.69 Å². The summed E-state index contributed by atoms with van der Waals surface area (Å²) in [6.45, 7) is 4.37. The monoisotopic (exact) mass is 360 g/mol. The fourth-order valence-corrected chi connectivity index (χ4v) is 3.46. The van der Waals surface area contributed by atoms with Crippen molar-refractivity contribution >= 4 is 5.91 Å². The van der Waals surface area contributed by atoms with Crippen molar-refractivity contribution in [2.45, 2.75) is 32.7 Å². The van der Waals surface area contributed by atoms with Crippen molar-refractivity contribution in [1.29, 1.82) is 0 Å². The molecule has 0 radical (unpaired) electrons. The van der Waals surface area contributed by atoms with Crippen molar-refractivity contribution in [2.75, 3.05) is 0 Å². The van der Waals surface area contributed by atoms with Gasteiger partial charge in [0.25, 0.3) is 5.91 Å². The lowest BCUT2D eigenvalue weighted by molar-refractivity contribution is 0.0919. The van der Waals surface area contributed by atoms with Crippen LogP contribution in [0.3, 0.4) is 0 Å². The molecule has 27 heavy (non-hydrogen) atoms. The highest BCUT2D eigenvalue weighted by atomic mass is 16.1. The summed E-state index contributed by atoms with van der Waals surface area (Å²) < 4.78 is 0. The van der Waals surface area contributed by atoms with Gasteiger partial charge in [-0.3, -0.25) is 14.8 Å². The molecule has 0 bridgehead atoms. The van der Waals surface area contributed by atoms with Crippen LogP contribution in [0.1, 0.15) is 47.9 Å². The summed E-state index contributed by atoms with van der Waals surface area (Å²) in [4.78, 5) is 34.1. The van der Waals surface area contributed by atoms with Gasteiger partial charge < -0.3 is 5.32 Å². The van der Waals surface area contributed by atoms with Crippen LogP contribution in [0.4, 0.5) is 0 Å². The highest BCUT2D eigenvalue weighted by molar-refractivity contribution is 5.94. The van der Waals surface area contributed by atoms with Gasteiger partial charge in [0, 0.05) is 42.1 Å². The number of rotatable bonds is 3. The summed E-state index contributed by atoms with van der Waals surface area (Å²) in [6, 6.07) is 3.27. The van der Waals surface area contributed by atoms with Gasteiger partial charge in [-0.1, -0.05) is 13.8 Å². The third-order valence-electron chi connectivity index (χ3n) is 4.72. The van der Waals surface area contributed by atoms with Crippen molar-refractivity contribution in [2.24, 2.45) is 5.41 Å². The second-order valence-corrected chi connectivity index (χ2v) is 7.49. The standard InChI is InChI=1S/C20H20N6O/c1-20(2)9-15-14(11-24-18(25-15)17-12-22-7-8-23-17)16(10-20)26-19(27)13-3-5-21-6-4-13/h3-8,11-12,16H,9-10H2,1-2H3,(H,26,27)/t16-/m1/s1. The van der Waals surface area contributed by atoms with Crippen LogP contribution >= 0.6 is 0 Å². The Balaban J connectivity index is 1.66. The maximum absolute atomic E-state index is 12.6. The fraction of sp³-hybridized carbons (Fsp3) is 0.300.